The minimum absolute atomic E-state index is 0.0489. The topological polar surface area (TPSA) is 46.9 Å². The molecular formula is C15H20ClN3O. The lowest BCUT2D eigenvalue weighted by atomic mass is 9.95. The van der Waals surface area contributed by atoms with Gasteiger partial charge < -0.3 is 5.32 Å². The Kier molecular flexibility index (Phi) is 3.02. The highest BCUT2D eigenvalue weighted by molar-refractivity contribution is 6.33. The van der Waals surface area contributed by atoms with Gasteiger partial charge in [-0.1, -0.05) is 18.0 Å². The van der Waals surface area contributed by atoms with E-state index in [9.17, 15) is 4.79 Å². The van der Waals surface area contributed by atoms with Crippen LogP contribution in [0.25, 0.3) is 0 Å². The van der Waals surface area contributed by atoms with E-state index >= 15 is 0 Å². The molecule has 0 aromatic carbocycles. The number of rotatable bonds is 4. The molecule has 0 radical (unpaired) electrons. The summed E-state index contributed by atoms with van der Waals surface area (Å²) >= 11 is 6.20. The molecule has 1 heterocycles. The van der Waals surface area contributed by atoms with Crippen LogP contribution >= 0.6 is 11.6 Å². The second-order valence-corrected chi connectivity index (χ2v) is 7.13. The summed E-state index contributed by atoms with van der Waals surface area (Å²) in [6, 6.07) is 0.427. The number of halogens is 1. The van der Waals surface area contributed by atoms with Crippen LogP contribution in [0.3, 0.4) is 0 Å². The number of nitrogens with one attached hydrogen (secondary N) is 1. The van der Waals surface area contributed by atoms with E-state index < -0.39 is 0 Å². The van der Waals surface area contributed by atoms with Crippen molar-refractivity contribution in [3.05, 3.63) is 21.6 Å². The predicted molar refractivity (Wildman–Crippen MR) is 79.1 cm³/mol. The van der Waals surface area contributed by atoms with Crippen molar-refractivity contribution in [2.24, 2.45) is 17.8 Å². The predicted octanol–water partition coefficient (Wildman–Crippen LogP) is 2.91. The number of aromatic nitrogens is 2. The first-order valence-corrected chi connectivity index (χ1v) is 8.10. The summed E-state index contributed by atoms with van der Waals surface area (Å²) in [6.07, 6.45) is 9.20. The smallest absolute Gasteiger partial charge is 0.291 e. The van der Waals surface area contributed by atoms with E-state index in [1.54, 1.807) is 10.9 Å². The van der Waals surface area contributed by atoms with E-state index in [2.05, 4.69) is 10.4 Å². The molecule has 1 N–H and O–H groups in total. The zero-order valence-electron chi connectivity index (χ0n) is 11.5. The van der Waals surface area contributed by atoms with Crippen LogP contribution in [0, 0.1) is 17.8 Å². The Morgan fingerprint density at radius 3 is 2.80 bits per heavy atom. The van der Waals surface area contributed by atoms with E-state index in [1.807, 2.05) is 0 Å². The SMILES string of the molecule is O=c1c(NC2CC3CCC2C3)c(Cl)cnn1CC1CC1. The van der Waals surface area contributed by atoms with Crippen LogP contribution in [-0.4, -0.2) is 15.8 Å². The highest BCUT2D eigenvalue weighted by Gasteiger charge is 2.40. The van der Waals surface area contributed by atoms with Gasteiger partial charge in [-0.25, -0.2) is 4.68 Å². The lowest BCUT2D eigenvalue weighted by Crippen LogP contribution is -2.33. The van der Waals surface area contributed by atoms with Gasteiger partial charge in [-0.3, -0.25) is 4.79 Å². The molecule has 3 saturated carbocycles. The highest BCUT2D eigenvalue weighted by Crippen LogP contribution is 2.45. The molecule has 3 fully saturated rings. The zero-order chi connectivity index (χ0) is 13.7. The molecule has 0 spiro atoms. The third-order valence-electron chi connectivity index (χ3n) is 5.19. The molecule has 0 amide bonds. The molecule has 5 heteroatoms. The van der Waals surface area contributed by atoms with Gasteiger partial charge >= 0.3 is 0 Å². The fourth-order valence-corrected chi connectivity index (χ4v) is 4.06. The van der Waals surface area contributed by atoms with Crippen molar-refractivity contribution < 1.29 is 0 Å². The number of anilines is 1. The summed E-state index contributed by atoms with van der Waals surface area (Å²) < 4.78 is 1.58. The van der Waals surface area contributed by atoms with Gasteiger partial charge in [0.2, 0.25) is 0 Å². The quantitative estimate of drug-likeness (QED) is 0.928. The van der Waals surface area contributed by atoms with Gasteiger partial charge in [0.1, 0.15) is 5.69 Å². The van der Waals surface area contributed by atoms with Crippen molar-refractivity contribution in [2.45, 2.75) is 51.1 Å². The Hall–Kier alpha value is -1.03. The van der Waals surface area contributed by atoms with Gasteiger partial charge in [-0.2, -0.15) is 5.10 Å². The molecule has 3 unspecified atom stereocenters. The van der Waals surface area contributed by atoms with Gasteiger partial charge in [0, 0.05) is 12.6 Å². The van der Waals surface area contributed by atoms with E-state index in [0.717, 1.165) is 18.4 Å². The molecule has 1 aromatic rings. The van der Waals surface area contributed by atoms with Crippen molar-refractivity contribution in [1.29, 1.82) is 0 Å². The molecule has 3 aliphatic carbocycles. The molecule has 2 bridgehead atoms. The number of hydrogen-bond acceptors (Lipinski definition) is 3. The average molecular weight is 294 g/mol. The maximum atomic E-state index is 12.5. The summed E-state index contributed by atoms with van der Waals surface area (Å²) in [6.45, 7) is 0.738. The van der Waals surface area contributed by atoms with Crippen molar-refractivity contribution in [2.75, 3.05) is 5.32 Å². The highest BCUT2D eigenvalue weighted by atomic mass is 35.5. The first kappa shape index (κ1) is 12.7. The minimum atomic E-state index is -0.0489. The molecule has 3 atom stereocenters. The second-order valence-electron chi connectivity index (χ2n) is 6.72. The summed E-state index contributed by atoms with van der Waals surface area (Å²) in [5.74, 6) is 2.21. The Labute approximate surface area is 123 Å². The third kappa shape index (κ3) is 2.24. The number of hydrogen-bond donors (Lipinski definition) is 1. The average Bonchev–Trinajstić information content (AvgIpc) is 3.01. The van der Waals surface area contributed by atoms with Gasteiger partial charge in [-0.05, 0) is 49.9 Å². The molecular weight excluding hydrogens is 274 g/mol. The van der Waals surface area contributed by atoms with E-state index in [1.165, 1.54) is 38.5 Å². The standard InChI is InChI=1S/C15H20ClN3O/c16-12-7-17-19(8-9-1-2-9)15(20)14(12)18-13-6-10-3-4-11(13)5-10/h7,9-11,13,18H,1-6,8H2. The van der Waals surface area contributed by atoms with Crippen LogP contribution in [0.2, 0.25) is 5.02 Å². The van der Waals surface area contributed by atoms with Crippen LogP contribution in [-0.2, 0) is 6.54 Å². The lowest BCUT2D eigenvalue weighted by molar-refractivity contribution is 0.438. The molecule has 108 valence electrons. The molecule has 20 heavy (non-hydrogen) atoms. The third-order valence-corrected chi connectivity index (χ3v) is 5.48. The summed E-state index contributed by atoms with van der Waals surface area (Å²) in [4.78, 5) is 12.5. The second kappa shape index (κ2) is 4.76. The summed E-state index contributed by atoms with van der Waals surface area (Å²) in [5.41, 5.74) is 0.520. The maximum Gasteiger partial charge on any atom is 0.291 e. The van der Waals surface area contributed by atoms with Crippen molar-refractivity contribution >= 4 is 17.3 Å². The zero-order valence-corrected chi connectivity index (χ0v) is 12.3. The molecule has 3 aliphatic rings. The summed E-state index contributed by atoms with van der Waals surface area (Å²) in [5, 5.41) is 8.07. The first-order chi connectivity index (χ1) is 9.70. The maximum absolute atomic E-state index is 12.5. The molecule has 4 rings (SSSR count). The molecule has 0 saturated heterocycles. The van der Waals surface area contributed by atoms with Crippen LogP contribution in [0.5, 0.6) is 0 Å². The monoisotopic (exact) mass is 293 g/mol. The Bertz CT molecular complexity index is 581. The Morgan fingerprint density at radius 1 is 1.30 bits per heavy atom. The summed E-state index contributed by atoms with van der Waals surface area (Å²) in [7, 11) is 0. The molecule has 0 aliphatic heterocycles. The Balaban J connectivity index is 1.58. The molecule has 1 aromatic heterocycles. The van der Waals surface area contributed by atoms with Gasteiger partial charge in [0.15, 0.2) is 0 Å². The largest absolute Gasteiger partial charge is 0.376 e. The van der Waals surface area contributed by atoms with E-state index in [0.29, 0.717) is 22.7 Å². The van der Waals surface area contributed by atoms with Gasteiger partial charge in [0.25, 0.3) is 5.56 Å². The van der Waals surface area contributed by atoms with E-state index in [-0.39, 0.29) is 5.56 Å². The van der Waals surface area contributed by atoms with Gasteiger partial charge in [0.05, 0.1) is 11.2 Å². The van der Waals surface area contributed by atoms with E-state index in [4.69, 9.17) is 11.6 Å². The minimum Gasteiger partial charge on any atom is -0.376 e. The number of fused-ring (bicyclic) bond motifs is 2. The first-order valence-electron chi connectivity index (χ1n) is 7.73. The van der Waals surface area contributed by atoms with Crippen LogP contribution in [0.4, 0.5) is 5.69 Å². The Morgan fingerprint density at radius 2 is 2.15 bits per heavy atom. The lowest BCUT2D eigenvalue weighted by Gasteiger charge is -2.24. The van der Waals surface area contributed by atoms with Crippen LogP contribution < -0.4 is 10.9 Å². The van der Waals surface area contributed by atoms with Crippen LogP contribution in [0.15, 0.2) is 11.0 Å². The molecule has 4 nitrogen and oxygen atoms in total. The van der Waals surface area contributed by atoms with Crippen LogP contribution in [0.1, 0.15) is 38.5 Å². The fourth-order valence-electron chi connectivity index (χ4n) is 3.88. The van der Waals surface area contributed by atoms with Crippen molar-refractivity contribution in [3.8, 4) is 0 Å². The fraction of sp³-hybridized carbons (Fsp3) is 0.733. The van der Waals surface area contributed by atoms with Crippen molar-refractivity contribution in [1.82, 2.24) is 9.78 Å². The van der Waals surface area contributed by atoms with Crippen molar-refractivity contribution in [3.63, 3.8) is 0 Å². The normalized spacial score (nSPS) is 31.8. The number of nitrogens with zero attached hydrogens (tertiary/aromatic N) is 2. The van der Waals surface area contributed by atoms with Gasteiger partial charge in [-0.15, -0.1) is 0 Å².